The molecule has 0 atom stereocenters. The van der Waals surface area contributed by atoms with E-state index in [1.807, 2.05) is 47.6 Å². The van der Waals surface area contributed by atoms with Gasteiger partial charge in [0.25, 0.3) is 0 Å². The lowest BCUT2D eigenvalue weighted by Gasteiger charge is -2.31. The second kappa shape index (κ2) is 10.5. The zero-order valence-electron chi connectivity index (χ0n) is 24.1. The van der Waals surface area contributed by atoms with Crippen LogP contribution in [0.25, 0.3) is 11.1 Å². The van der Waals surface area contributed by atoms with Gasteiger partial charge in [0.1, 0.15) is 11.4 Å². The predicted molar refractivity (Wildman–Crippen MR) is 151 cm³/mol. The van der Waals surface area contributed by atoms with Crippen LogP contribution in [0.2, 0.25) is 0 Å². The van der Waals surface area contributed by atoms with Crippen molar-refractivity contribution in [1.82, 2.24) is 4.90 Å². The van der Waals surface area contributed by atoms with Crippen molar-refractivity contribution >= 4 is 5.97 Å². The summed E-state index contributed by atoms with van der Waals surface area (Å²) in [5, 5.41) is 9.98. The lowest BCUT2D eigenvalue weighted by atomic mass is 9.81. The monoisotopic (exact) mass is 549 g/mol. The summed E-state index contributed by atoms with van der Waals surface area (Å²) in [6.45, 7) is 13.8. The second-order valence-electron chi connectivity index (χ2n) is 12.0. The summed E-state index contributed by atoms with van der Waals surface area (Å²) in [4.78, 5) is 14.4. The minimum atomic E-state index is -0.948. The lowest BCUT2D eigenvalue weighted by molar-refractivity contribution is -0.136. The fourth-order valence-corrected chi connectivity index (χ4v) is 6.26. The number of nitrogens with zero attached hydrogens (tertiary/aromatic N) is 1. The number of hydrogen-bond donors (Lipinski definition) is 1. The van der Waals surface area contributed by atoms with E-state index >= 15 is 4.39 Å². The van der Waals surface area contributed by atoms with E-state index in [4.69, 9.17) is 9.47 Å². The highest BCUT2D eigenvalue weighted by Gasteiger charge is 2.34. The summed E-state index contributed by atoms with van der Waals surface area (Å²) in [5.74, 6) is -1.40. The van der Waals surface area contributed by atoms with Gasteiger partial charge < -0.3 is 14.6 Å². The third-order valence-electron chi connectivity index (χ3n) is 7.99. The van der Waals surface area contributed by atoms with Crippen molar-refractivity contribution in [1.29, 1.82) is 0 Å². The van der Waals surface area contributed by atoms with Crippen molar-refractivity contribution in [2.75, 3.05) is 6.61 Å². The van der Waals surface area contributed by atoms with Crippen molar-refractivity contribution in [3.8, 4) is 22.6 Å². The van der Waals surface area contributed by atoms with Gasteiger partial charge in [-0.15, -0.1) is 0 Å². The van der Waals surface area contributed by atoms with Crippen LogP contribution in [0.3, 0.4) is 0 Å². The summed E-state index contributed by atoms with van der Waals surface area (Å²) >= 11 is 0. The Bertz CT molecular complexity index is 1510. The van der Waals surface area contributed by atoms with Crippen LogP contribution < -0.4 is 9.47 Å². The molecule has 0 radical (unpaired) electrons. The highest BCUT2D eigenvalue weighted by Crippen LogP contribution is 2.50. The zero-order valence-corrected chi connectivity index (χ0v) is 24.1. The molecular weight excluding hydrogens is 512 g/mol. The molecule has 5 rings (SSSR count). The van der Waals surface area contributed by atoms with Gasteiger partial charge in [-0.2, -0.15) is 4.39 Å². The van der Waals surface area contributed by atoms with E-state index < -0.39 is 17.4 Å². The number of carbonyl (C=O) groups is 1. The fraction of sp³-hybridized carbons (Fsp3) is 0.424. The SMILES string of the molecule is Cc1c2c(c(C)c(-c3c(C)c4c(c(F)c3OC(C)(C)C)OCCC4)c1CC(=O)O)CN(Cc1cccc(F)c1)C2. The van der Waals surface area contributed by atoms with E-state index in [-0.39, 0.29) is 23.7 Å². The van der Waals surface area contributed by atoms with Crippen molar-refractivity contribution < 1.29 is 28.2 Å². The van der Waals surface area contributed by atoms with E-state index in [1.165, 1.54) is 6.07 Å². The summed E-state index contributed by atoms with van der Waals surface area (Å²) in [7, 11) is 0. The van der Waals surface area contributed by atoms with Gasteiger partial charge in [0.15, 0.2) is 11.5 Å². The topological polar surface area (TPSA) is 59.0 Å². The molecule has 2 aliphatic heterocycles. The van der Waals surface area contributed by atoms with Crippen LogP contribution >= 0.6 is 0 Å². The van der Waals surface area contributed by atoms with Crippen molar-refractivity contribution in [2.24, 2.45) is 0 Å². The molecule has 0 aliphatic carbocycles. The number of benzene rings is 3. The summed E-state index contributed by atoms with van der Waals surface area (Å²) in [6, 6.07) is 6.59. The number of aliphatic carboxylic acids is 1. The Kier molecular flexibility index (Phi) is 7.38. The molecule has 3 aromatic carbocycles. The average Bonchev–Trinajstić information content (AvgIpc) is 3.30. The number of hydrogen-bond acceptors (Lipinski definition) is 4. The fourth-order valence-electron chi connectivity index (χ4n) is 6.26. The van der Waals surface area contributed by atoms with Crippen molar-refractivity contribution in [3.63, 3.8) is 0 Å². The van der Waals surface area contributed by atoms with Gasteiger partial charge in [0, 0.05) is 30.8 Å². The largest absolute Gasteiger partial charge is 0.490 e. The molecule has 212 valence electrons. The number of ether oxygens (including phenoxy) is 2. The minimum absolute atomic E-state index is 0.106. The Morgan fingerprint density at radius 3 is 2.35 bits per heavy atom. The van der Waals surface area contributed by atoms with E-state index in [1.54, 1.807) is 12.1 Å². The molecule has 0 aromatic heterocycles. The summed E-state index contributed by atoms with van der Waals surface area (Å²) in [6.07, 6.45) is 1.27. The van der Waals surface area contributed by atoms with Crippen LogP contribution in [0.4, 0.5) is 8.78 Å². The van der Waals surface area contributed by atoms with Crippen LogP contribution in [-0.4, -0.2) is 28.2 Å². The predicted octanol–water partition coefficient (Wildman–Crippen LogP) is 7.20. The molecule has 2 aliphatic rings. The quantitative estimate of drug-likeness (QED) is 0.352. The van der Waals surface area contributed by atoms with Crippen LogP contribution in [0.15, 0.2) is 24.3 Å². The molecular formula is C33H37F2NO4. The molecule has 1 N–H and O–H groups in total. The Hall–Kier alpha value is -3.45. The average molecular weight is 550 g/mol. The Labute approximate surface area is 234 Å². The Morgan fingerprint density at radius 1 is 1.02 bits per heavy atom. The molecule has 0 unspecified atom stereocenters. The summed E-state index contributed by atoms with van der Waals surface area (Å²) < 4.78 is 42.2. The highest BCUT2D eigenvalue weighted by atomic mass is 19.1. The Balaban J connectivity index is 1.73. The maximum atomic E-state index is 16.2. The molecule has 0 saturated carbocycles. The molecule has 0 fully saturated rings. The van der Waals surface area contributed by atoms with Gasteiger partial charge in [-0.25, -0.2) is 4.39 Å². The first-order valence-electron chi connectivity index (χ1n) is 13.8. The number of carboxylic acids is 1. The summed E-state index contributed by atoms with van der Waals surface area (Å²) in [5.41, 5.74) is 7.89. The Morgan fingerprint density at radius 2 is 1.70 bits per heavy atom. The van der Waals surface area contributed by atoms with Gasteiger partial charge in [-0.3, -0.25) is 9.69 Å². The van der Waals surface area contributed by atoms with Crippen LogP contribution in [0.5, 0.6) is 11.5 Å². The first-order chi connectivity index (χ1) is 18.9. The minimum Gasteiger partial charge on any atom is -0.490 e. The van der Waals surface area contributed by atoms with Gasteiger partial charge in [0.05, 0.1) is 13.0 Å². The van der Waals surface area contributed by atoms with E-state index in [2.05, 4.69) is 4.90 Å². The normalized spacial score (nSPS) is 15.0. The third-order valence-corrected chi connectivity index (χ3v) is 7.99. The first kappa shape index (κ1) is 28.1. The van der Waals surface area contributed by atoms with Crippen molar-refractivity contribution in [2.45, 2.75) is 86.0 Å². The molecule has 2 heterocycles. The molecule has 7 heteroatoms. The second-order valence-corrected chi connectivity index (χ2v) is 12.0. The molecule has 0 bridgehead atoms. The van der Waals surface area contributed by atoms with E-state index in [0.29, 0.717) is 43.8 Å². The van der Waals surface area contributed by atoms with Gasteiger partial charge in [-0.1, -0.05) is 12.1 Å². The number of halogens is 2. The maximum absolute atomic E-state index is 16.2. The number of carboxylic acid groups (broad SMARTS) is 1. The third kappa shape index (κ3) is 5.19. The molecule has 3 aromatic rings. The molecule has 40 heavy (non-hydrogen) atoms. The van der Waals surface area contributed by atoms with Crippen molar-refractivity contribution in [3.05, 3.63) is 80.4 Å². The standard InChI is InChI=1S/C33H37F2NO4/c1-18-24(14-27(37)38)28(20(3)26-17-36(16-25(18)26)15-21-9-7-10-22(34)13-21)29-19(2)23-11-8-12-39-31(23)30(35)32(29)40-33(4,5)6/h7,9-10,13H,8,11-12,14-17H2,1-6H3,(H,37,38). The number of rotatable bonds is 6. The molecule has 5 nitrogen and oxygen atoms in total. The lowest BCUT2D eigenvalue weighted by Crippen LogP contribution is -2.25. The van der Waals surface area contributed by atoms with Crippen LogP contribution in [0.1, 0.15) is 71.7 Å². The highest BCUT2D eigenvalue weighted by molar-refractivity contribution is 5.87. The number of fused-ring (bicyclic) bond motifs is 2. The maximum Gasteiger partial charge on any atom is 0.307 e. The molecule has 0 spiro atoms. The van der Waals surface area contributed by atoms with E-state index in [9.17, 15) is 14.3 Å². The van der Waals surface area contributed by atoms with Gasteiger partial charge in [0.2, 0.25) is 5.82 Å². The first-order valence-corrected chi connectivity index (χ1v) is 13.8. The van der Waals surface area contributed by atoms with Crippen LogP contribution in [0, 0.1) is 32.4 Å². The van der Waals surface area contributed by atoms with Crippen LogP contribution in [-0.2, 0) is 37.3 Å². The zero-order chi connectivity index (χ0) is 28.9. The van der Waals surface area contributed by atoms with E-state index in [0.717, 1.165) is 50.9 Å². The van der Waals surface area contributed by atoms with Gasteiger partial charge >= 0.3 is 5.97 Å². The molecule has 0 amide bonds. The smallest absolute Gasteiger partial charge is 0.307 e. The van der Waals surface area contributed by atoms with Gasteiger partial charge in [-0.05, 0) is 111 Å². The molecule has 0 saturated heterocycles.